The molecule has 1 aromatic heterocycles. The maximum Gasteiger partial charge on any atom is 0.128 e. The van der Waals surface area contributed by atoms with E-state index in [0.717, 1.165) is 49.5 Å². The smallest absolute Gasteiger partial charge is 0.128 e. The third-order valence-corrected chi connectivity index (χ3v) is 3.13. The molecular formula is C14H23ClN2O. The number of aryl methyl sites for hydroxylation is 1. The molecule has 4 heteroatoms. The zero-order chi connectivity index (χ0) is 13.4. The van der Waals surface area contributed by atoms with Crippen molar-refractivity contribution in [2.75, 3.05) is 32.2 Å². The lowest BCUT2D eigenvalue weighted by Crippen LogP contribution is -2.21. The van der Waals surface area contributed by atoms with Gasteiger partial charge in [0.2, 0.25) is 0 Å². The molecule has 0 aliphatic carbocycles. The highest BCUT2D eigenvalue weighted by molar-refractivity contribution is 6.17. The molecule has 0 saturated heterocycles. The van der Waals surface area contributed by atoms with Gasteiger partial charge in [0.05, 0.1) is 0 Å². The monoisotopic (exact) mass is 270 g/mol. The molecule has 18 heavy (non-hydrogen) atoms. The summed E-state index contributed by atoms with van der Waals surface area (Å²) in [7, 11) is 3.79. The standard InChI is InChI=1S/C14H23ClN2O/c1-4-6-13-9-12(11-15)10-14(16-13)17(2)7-5-8-18-3/h9-10H,4-8,11H2,1-3H3. The molecular weight excluding hydrogens is 248 g/mol. The van der Waals surface area contributed by atoms with E-state index >= 15 is 0 Å². The second-order valence-electron chi connectivity index (χ2n) is 4.48. The first-order chi connectivity index (χ1) is 8.71. The Morgan fingerprint density at radius 2 is 2.17 bits per heavy atom. The van der Waals surface area contributed by atoms with Crippen molar-refractivity contribution < 1.29 is 4.74 Å². The molecule has 1 heterocycles. The number of ether oxygens (including phenoxy) is 1. The van der Waals surface area contributed by atoms with Crippen LogP contribution >= 0.6 is 11.6 Å². The molecule has 0 N–H and O–H groups in total. The number of pyridine rings is 1. The predicted octanol–water partition coefficient (Wildman–Crippen LogP) is 3.25. The Balaban J connectivity index is 2.75. The van der Waals surface area contributed by atoms with Crippen LogP contribution in [0.2, 0.25) is 0 Å². The van der Waals surface area contributed by atoms with E-state index in [4.69, 9.17) is 16.3 Å². The van der Waals surface area contributed by atoms with Crippen LogP contribution in [-0.2, 0) is 17.0 Å². The molecule has 0 atom stereocenters. The lowest BCUT2D eigenvalue weighted by Gasteiger charge is -2.19. The van der Waals surface area contributed by atoms with Gasteiger partial charge in [-0.1, -0.05) is 13.3 Å². The van der Waals surface area contributed by atoms with Gasteiger partial charge < -0.3 is 9.64 Å². The molecule has 1 rings (SSSR count). The van der Waals surface area contributed by atoms with E-state index in [2.05, 4.69) is 36.0 Å². The molecule has 0 aliphatic heterocycles. The molecule has 0 unspecified atom stereocenters. The normalized spacial score (nSPS) is 10.7. The van der Waals surface area contributed by atoms with Crippen LogP contribution in [0.25, 0.3) is 0 Å². The van der Waals surface area contributed by atoms with Crippen LogP contribution in [0.15, 0.2) is 12.1 Å². The Morgan fingerprint density at radius 3 is 2.78 bits per heavy atom. The highest BCUT2D eigenvalue weighted by Gasteiger charge is 2.06. The van der Waals surface area contributed by atoms with Crippen LogP contribution in [0, 0.1) is 0 Å². The van der Waals surface area contributed by atoms with Gasteiger partial charge in [-0.15, -0.1) is 11.6 Å². The lowest BCUT2D eigenvalue weighted by atomic mass is 10.1. The van der Waals surface area contributed by atoms with E-state index in [1.54, 1.807) is 7.11 Å². The van der Waals surface area contributed by atoms with Gasteiger partial charge in [0.15, 0.2) is 0 Å². The molecule has 0 radical (unpaired) electrons. The number of rotatable bonds is 8. The summed E-state index contributed by atoms with van der Waals surface area (Å²) in [6.07, 6.45) is 3.11. The molecule has 0 aromatic carbocycles. The van der Waals surface area contributed by atoms with E-state index < -0.39 is 0 Å². The minimum atomic E-state index is 0.540. The Labute approximate surface area is 115 Å². The van der Waals surface area contributed by atoms with Gasteiger partial charge in [-0.2, -0.15) is 0 Å². The van der Waals surface area contributed by atoms with E-state index in [0.29, 0.717) is 5.88 Å². The average molecular weight is 271 g/mol. The summed E-state index contributed by atoms with van der Waals surface area (Å²) >= 11 is 5.94. The van der Waals surface area contributed by atoms with Crippen molar-refractivity contribution in [3.8, 4) is 0 Å². The van der Waals surface area contributed by atoms with Crippen molar-refractivity contribution in [3.05, 3.63) is 23.4 Å². The zero-order valence-electron chi connectivity index (χ0n) is 11.6. The first kappa shape index (κ1) is 15.3. The van der Waals surface area contributed by atoms with Crippen molar-refractivity contribution in [3.63, 3.8) is 0 Å². The summed E-state index contributed by atoms with van der Waals surface area (Å²) in [5, 5.41) is 0. The first-order valence-corrected chi connectivity index (χ1v) is 7.00. The number of halogens is 1. The lowest BCUT2D eigenvalue weighted by molar-refractivity contribution is 0.196. The van der Waals surface area contributed by atoms with E-state index in [1.165, 1.54) is 0 Å². The summed E-state index contributed by atoms with van der Waals surface area (Å²) < 4.78 is 5.07. The fraction of sp³-hybridized carbons (Fsp3) is 0.643. The van der Waals surface area contributed by atoms with Crippen LogP contribution in [-0.4, -0.2) is 32.3 Å². The molecule has 102 valence electrons. The van der Waals surface area contributed by atoms with Gasteiger partial charge in [0.1, 0.15) is 5.82 Å². The van der Waals surface area contributed by atoms with Crippen LogP contribution < -0.4 is 4.90 Å². The Morgan fingerprint density at radius 1 is 1.39 bits per heavy atom. The molecule has 3 nitrogen and oxygen atoms in total. The number of aromatic nitrogens is 1. The Bertz CT molecular complexity index is 358. The van der Waals surface area contributed by atoms with Crippen LogP contribution in [0.5, 0.6) is 0 Å². The van der Waals surface area contributed by atoms with Gasteiger partial charge >= 0.3 is 0 Å². The van der Waals surface area contributed by atoms with E-state index in [-0.39, 0.29) is 0 Å². The predicted molar refractivity (Wildman–Crippen MR) is 77.6 cm³/mol. The van der Waals surface area contributed by atoms with Gasteiger partial charge in [0, 0.05) is 38.9 Å². The second-order valence-corrected chi connectivity index (χ2v) is 4.74. The fourth-order valence-corrected chi connectivity index (χ4v) is 2.01. The molecule has 0 saturated carbocycles. The van der Waals surface area contributed by atoms with Crippen LogP contribution in [0.1, 0.15) is 31.0 Å². The molecule has 0 bridgehead atoms. The largest absolute Gasteiger partial charge is 0.385 e. The number of nitrogens with zero attached hydrogens (tertiary/aromatic N) is 2. The van der Waals surface area contributed by atoms with Gasteiger partial charge in [-0.3, -0.25) is 0 Å². The maximum absolute atomic E-state index is 5.94. The molecule has 1 aromatic rings. The summed E-state index contributed by atoms with van der Waals surface area (Å²) in [6.45, 7) is 3.89. The minimum Gasteiger partial charge on any atom is -0.385 e. The summed E-state index contributed by atoms with van der Waals surface area (Å²) in [5.41, 5.74) is 2.27. The second kappa shape index (κ2) is 8.33. The molecule has 0 fully saturated rings. The van der Waals surface area contributed by atoms with Crippen molar-refractivity contribution in [1.82, 2.24) is 4.98 Å². The molecule has 0 amide bonds. The first-order valence-electron chi connectivity index (χ1n) is 6.47. The highest BCUT2D eigenvalue weighted by Crippen LogP contribution is 2.17. The number of methoxy groups -OCH3 is 1. The zero-order valence-corrected chi connectivity index (χ0v) is 12.3. The number of alkyl halides is 1. The Kier molecular flexibility index (Phi) is 7.06. The fourth-order valence-electron chi connectivity index (χ4n) is 1.85. The van der Waals surface area contributed by atoms with Crippen molar-refractivity contribution in [2.45, 2.75) is 32.1 Å². The summed E-state index contributed by atoms with van der Waals surface area (Å²) in [4.78, 5) is 6.84. The summed E-state index contributed by atoms with van der Waals surface area (Å²) in [6, 6.07) is 4.17. The third-order valence-electron chi connectivity index (χ3n) is 2.82. The molecule has 0 aliphatic rings. The summed E-state index contributed by atoms with van der Waals surface area (Å²) in [5.74, 6) is 1.55. The van der Waals surface area contributed by atoms with Crippen molar-refractivity contribution in [2.24, 2.45) is 0 Å². The topological polar surface area (TPSA) is 25.4 Å². The van der Waals surface area contributed by atoms with E-state index in [1.807, 2.05) is 0 Å². The maximum atomic E-state index is 5.94. The quantitative estimate of drug-likeness (QED) is 0.536. The number of hydrogen-bond acceptors (Lipinski definition) is 3. The number of hydrogen-bond donors (Lipinski definition) is 0. The van der Waals surface area contributed by atoms with Crippen LogP contribution in [0.4, 0.5) is 5.82 Å². The van der Waals surface area contributed by atoms with Crippen LogP contribution in [0.3, 0.4) is 0 Å². The van der Waals surface area contributed by atoms with Crippen molar-refractivity contribution >= 4 is 17.4 Å². The van der Waals surface area contributed by atoms with Gasteiger partial charge in [0.25, 0.3) is 0 Å². The molecule has 0 spiro atoms. The van der Waals surface area contributed by atoms with Crippen molar-refractivity contribution in [1.29, 1.82) is 0 Å². The minimum absolute atomic E-state index is 0.540. The average Bonchev–Trinajstić information content (AvgIpc) is 2.39. The van der Waals surface area contributed by atoms with Gasteiger partial charge in [-0.25, -0.2) is 4.98 Å². The highest BCUT2D eigenvalue weighted by atomic mass is 35.5. The number of anilines is 1. The Hall–Kier alpha value is -0.800. The van der Waals surface area contributed by atoms with E-state index in [9.17, 15) is 0 Å². The van der Waals surface area contributed by atoms with Gasteiger partial charge in [-0.05, 0) is 30.5 Å². The SMILES string of the molecule is CCCc1cc(CCl)cc(N(C)CCCOC)n1. The third kappa shape index (κ3) is 4.83.